The molecular weight excluding hydrogens is 292 g/mol. The Bertz CT molecular complexity index is 650. The minimum Gasteiger partial charge on any atom is -0.360 e. The molecule has 2 heteroatoms. The lowest BCUT2D eigenvalue weighted by molar-refractivity contribution is -0.896. The van der Waals surface area contributed by atoms with E-state index in [0.29, 0.717) is 5.41 Å². The van der Waals surface area contributed by atoms with Crippen molar-refractivity contribution in [2.45, 2.75) is 40.5 Å². The van der Waals surface area contributed by atoms with E-state index in [4.69, 9.17) is 0 Å². The summed E-state index contributed by atoms with van der Waals surface area (Å²) < 4.78 is 0. The van der Waals surface area contributed by atoms with Crippen LogP contribution in [0.15, 0.2) is 29.8 Å². The van der Waals surface area contributed by atoms with Gasteiger partial charge < -0.3 is 9.80 Å². The molecular formula is C22H33N2+. The van der Waals surface area contributed by atoms with Gasteiger partial charge in [0.15, 0.2) is 0 Å². The lowest BCUT2D eigenvalue weighted by atomic mass is 9.49. The van der Waals surface area contributed by atoms with Gasteiger partial charge in [-0.1, -0.05) is 32.1 Å². The number of nitrogens with one attached hydrogen (secondary N) is 1. The van der Waals surface area contributed by atoms with E-state index >= 15 is 0 Å². The maximum atomic E-state index is 2.60. The van der Waals surface area contributed by atoms with Crippen LogP contribution in [0.1, 0.15) is 37.8 Å². The van der Waals surface area contributed by atoms with E-state index in [1.807, 2.05) is 0 Å². The monoisotopic (exact) mass is 325 g/mol. The van der Waals surface area contributed by atoms with E-state index in [1.165, 1.54) is 62.4 Å². The van der Waals surface area contributed by atoms with Crippen molar-refractivity contribution in [2.24, 2.45) is 17.3 Å². The number of anilines is 1. The normalized spacial score (nSPS) is 29.2. The smallest absolute Gasteiger partial charge is 0.0991 e. The van der Waals surface area contributed by atoms with E-state index < -0.39 is 0 Å². The fourth-order valence-corrected chi connectivity index (χ4v) is 5.28. The second-order valence-corrected chi connectivity index (χ2v) is 8.95. The number of quaternary nitrogens is 1. The fourth-order valence-electron chi connectivity index (χ4n) is 5.28. The largest absolute Gasteiger partial charge is 0.360 e. The van der Waals surface area contributed by atoms with Crippen LogP contribution in [0.25, 0.3) is 0 Å². The average Bonchev–Trinajstić information content (AvgIpc) is 2.58. The van der Waals surface area contributed by atoms with Crippen LogP contribution in [-0.4, -0.2) is 32.7 Å². The van der Waals surface area contributed by atoms with E-state index in [9.17, 15) is 0 Å². The van der Waals surface area contributed by atoms with Gasteiger partial charge >= 0.3 is 0 Å². The summed E-state index contributed by atoms with van der Waals surface area (Å²) in [5.41, 5.74) is 6.67. The van der Waals surface area contributed by atoms with Crippen LogP contribution in [-0.2, 0) is 0 Å². The molecule has 130 valence electrons. The van der Waals surface area contributed by atoms with E-state index in [2.05, 4.69) is 56.9 Å². The third-order valence-corrected chi connectivity index (χ3v) is 7.42. The van der Waals surface area contributed by atoms with Gasteiger partial charge in [0.25, 0.3) is 0 Å². The molecule has 1 N–H and O–H groups in total. The van der Waals surface area contributed by atoms with Gasteiger partial charge in [-0.2, -0.15) is 0 Å². The summed E-state index contributed by atoms with van der Waals surface area (Å²) in [6, 6.07) is 6.73. The summed E-state index contributed by atoms with van der Waals surface area (Å²) in [6.07, 6.45) is 5.38. The molecule has 2 nitrogen and oxygen atoms in total. The summed E-state index contributed by atoms with van der Waals surface area (Å²) in [5.74, 6) is 1.84. The highest BCUT2D eigenvalue weighted by molar-refractivity contribution is 5.56. The highest BCUT2D eigenvalue weighted by Crippen LogP contribution is 2.58. The Balaban J connectivity index is 1.37. The maximum absolute atomic E-state index is 2.60. The third kappa shape index (κ3) is 2.60. The van der Waals surface area contributed by atoms with Crippen molar-refractivity contribution in [3.8, 4) is 0 Å². The first-order chi connectivity index (χ1) is 11.5. The molecule has 2 atom stereocenters. The number of fused-ring (bicyclic) bond motifs is 1. The van der Waals surface area contributed by atoms with E-state index in [-0.39, 0.29) is 0 Å². The number of benzene rings is 1. The minimum absolute atomic E-state index is 0.573. The van der Waals surface area contributed by atoms with Gasteiger partial charge in [0.1, 0.15) is 0 Å². The van der Waals surface area contributed by atoms with Crippen molar-refractivity contribution >= 4 is 5.69 Å². The third-order valence-electron chi connectivity index (χ3n) is 7.42. The van der Waals surface area contributed by atoms with E-state index in [1.54, 1.807) is 10.5 Å². The summed E-state index contributed by atoms with van der Waals surface area (Å²) in [5, 5.41) is 0. The topological polar surface area (TPSA) is 7.68 Å². The summed E-state index contributed by atoms with van der Waals surface area (Å²) in [7, 11) is 0. The van der Waals surface area contributed by atoms with Gasteiger partial charge in [0.05, 0.1) is 32.7 Å². The molecule has 4 aliphatic rings. The Kier molecular flexibility index (Phi) is 3.99. The molecule has 1 aromatic rings. The molecule has 0 spiro atoms. The zero-order valence-corrected chi connectivity index (χ0v) is 15.9. The second kappa shape index (κ2) is 5.91. The summed E-state index contributed by atoms with van der Waals surface area (Å²) >= 11 is 0. The predicted octanol–water partition coefficient (Wildman–Crippen LogP) is 3.00. The molecule has 0 radical (unpaired) electrons. The van der Waals surface area contributed by atoms with Gasteiger partial charge in [-0.05, 0) is 66.7 Å². The predicted molar refractivity (Wildman–Crippen MR) is 102 cm³/mol. The molecule has 0 amide bonds. The average molecular weight is 326 g/mol. The summed E-state index contributed by atoms with van der Waals surface area (Å²) in [6.45, 7) is 15.7. The van der Waals surface area contributed by atoms with Crippen LogP contribution in [0.4, 0.5) is 5.69 Å². The molecule has 1 saturated heterocycles. The van der Waals surface area contributed by atoms with Gasteiger partial charge in [0, 0.05) is 5.69 Å². The molecule has 2 fully saturated rings. The number of rotatable bonds is 3. The standard InChI is InChI=1S/C22H32N2/c1-16-6-5-7-21(17(16)2)24-12-10-23(11-13-24)15-18-8-9-19-14-20(18)22(19,3)4/h5-8,19-20H,9-15H2,1-4H3/p+1/t19-,20-/m1/s1. The second-order valence-electron chi connectivity index (χ2n) is 8.95. The zero-order valence-electron chi connectivity index (χ0n) is 15.9. The van der Waals surface area contributed by atoms with Gasteiger partial charge in [-0.25, -0.2) is 0 Å². The van der Waals surface area contributed by atoms with Crippen molar-refractivity contribution in [3.05, 3.63) is 41.0 Å². The molecule has 0 unspecified atom stereocenters. The van der Waals surface area contributed by atoms with Crippen LogP contribution in [0.3, 0.4) is 0 Å². The molecule has 2 bridgehead atoms. The van der Waals surface area contributed by atoms with Crippen LogP contribution >= 0.6 is 0 Å². The minimum atomic E-state index is 0.573. The van der Waals surface area contributed by atoms with Crippen molar-refractivity contribution in [2.75, 3.05) is 37.6 Å². The SMILES string of the molecule is Cc1cccc(N2CC[NH+](CC3=CC[C@@H]4C[C@H]3C4(C)C)CC2)c1C. The van der Waals surface area contributed by atoms with Crippen LogP contribution in [0.5, 0.6) is 0 Å². The van der Waals surface area contributed by atoms with E-state index in [0.717, 1.165) is 11.8 Å². The first-order valence-electron chi connectivity index (χ1n) is 9.80. The Hall–Kier alpha value is -1.28. The molecule has 1 aromatic carbocycles. The molecule has 1 aliphatic heterocycles. The number of hydrogen-bond donors (Lipinski definition) is 1. The highest BCUT2D eigenvalue weighted by Gasteiger charge is 2.51. The number of allylic oxidation sites excluding steroid dienone is 1. The van der Waals surface area contributed by atoms with Crippen LogP contribution in [0, 0.1) is 31.1 Å². The Morgan fingerprint density at radius 1 is 1.17 bits per heavy atom. The Morgan fingerprint density at radius 3 is 2.58 bits per heavy atom. The van der Waals surface area contributed by atoms with Crippen molar-refractivity contribution in [1.82, 2.24) is 0 Å². The van der Waals surface area contributed by atoms with Gasteiger partial charge in [0.2, 0.25) is 0 Å². The summed E-state index contributed by atoms with van der Waals surface area (Å²) in [4.78, 5) is 4.40. The molecule has 5 rings (SSSR count). The zero-order chi connectivity index (χ0) is 16.9. The molecule has 3 aliphatic carbocycles. The van der Waals surface area contributed by atoms with Crippen molar-refractivity contribution in [1.29, 1.82) is 0 Å². The maximum Gasteiger partial charge on any atom is 0.0991 e. The quantitative estimate of drug-likeness (QED) is 0.840. The molecule has 1 saturated carbocycles. The number of hydrogen-bond acceptors (Lipinski definition) is 1. The number of piperazine rings is 1. The molecule has 1 heterocycles. The van der Waals surface area contributed by atoms with Crippen LogP contribution in [0.2, 0.25) is 0 Å². The number of nitrogens with zero attached hydrogens (tertiary/aromatic N) is 1. The van der Waals surface area contributed by atoms with Gasteiger partial charge in [-0.3, -0.25) is 0 Å². The molecule has 24 heavy (non-hydrogen) atoms. The number of aryl methyl sites for hydroxylation is 1. The first-order valence-corrected chi connectivity index (χ1v) is 9.80. The van der Waals surface area contributed by atoms with Gasteiger partial charge in [-0.15, -0.1) is 0 Å². The van der Waals surface area contributed by atoms with Crippen molar-refractivity contribution < 1.29 is 4.90 Å². The van der Waals surface area contributed by atoms with Crippen LogP contribution < -0.4 is 9.80 Å². The molecule has 0 aromatic heterocycles. The first kappa shape index (κ1) is 16.2. The lowest BCUT2D eigenvalue weighted by Gasteiger charge is -2.56. The Morgan fingerprint density at radius 2 is 1.92 bits per heavy atom. The fraction of sp³-hybridized carbons (Fsp3) is 0.636. The van der Waals surface area contributed by atoms with Crippen molar-refractivity contribution in [3.63, 3.8) is 0 Å². The Labute approximate surface area is 147 Å². The lowest BCUT2D eigenvalue weighted by Crippen LogP contribution is -3.15. The highest BCUT2D eigenvalue weighted by atomic mass is 15.3.